The Balaban J connectivity index is 1.26. The predicted molar refractivity (Wildman–Crippen MR) is 159 cm³/mol. The zero-order valence-corrected chi connectivity index (χ0v) is 23.8. The fourth-order valence-electron chi connectivity index (χ4n) is 5.49. The van der Waals surface area contributed by atoms with Crippen molar-refractivity contribution in [2.75, 3.05) is 58.0 Å². The van der Waals surface area contributed by atoms with Gasteiger partial charge in [0.1, 0.15) is 35.6 Å². The van der Waals surface area contributed by atoms with E-state index in [2.05, 4.69) is 21.5 Å². The molecular formula is C32H39N3O6. The maximum Gasteiger partial charge on any atom is 0.142 e. The van der Waals surface area contributed by atoms with Crippen molar-refractivity contribution in [2.24, 2.45) is 5.18 Å². The first-order valence-electron chi connectivity index (χ1n) is 14.3. The number of methoxy groups -OCH3 is 1. The Kier molecular flexibility index (Phi) is 10.1. The maximum absolute atomic E-state index is 11.8. The summed E-state index contributed by atoms with van der Waals surface area (Å²) in [6.45, 7) is 7.32. The second kappa shape index (κ2) is 14.3. The van der Waals surface area contributed by atoms with Crippen molar-refractivity contribution >= 4 is 5.69 Å². The lowest BCUT2D eigenvalue weighted by atomic mass is 9.84. The summed E-state index contributed by atoms with van der Waals surface area (Å²) in [5, 5.41) is 6.78. The monoisotopic (exact) mass is 561 g/mol. The van der Waals surface area contributed by atoms with Gasteiger partial charge in [0.25, 0.3) is 0 Å². The first-order valence-corrected chi connectivity index (χ1v) is 14.3. The van der Waals surface area contributed by atoms with Crippen molar-refractivity contribution < 1.29 is 23.7 Å². The molecule has 0 aliphatic carbocycles. The van der Waals surface area contributed by atoms with Gasteiger partial charge in [-0.25, -0.2) is 0 Å². The van der Waals surface area contributed by atoms with Gasteiger partial charge in [-0.3, -0.25) is 0 Å². The molecule has 2 heterocycles. The van der Waals surface area contributed by atoms with E-state index in [1.807, 2.05) is 67.6 Å². The minimum Gasteiger partial charge on any atom is -0.494 e. The van der Waals surface area contributed by atoms with E-state index in [-0.39, 0.29) is 12.0 Å². The summed E-state index contributed by atoms with van der Waals surface area (Å²) in [6.07, 6.45) is 0.741. The summed E-state index contributed by atoms with van der Waals surface area (Å²) in [5.74, 6) is 2.98. The normalized spacial score (nSPS) is 20.1. The largest absolute Gasteiger partial charge is 0.494 e. The van der Waals surface area contributed by atoms with E-state index in [1.54, 1.807) is 7.11 Å². The number of benzene rings is 3. The van der Waals surface area contributed by atoms with E-state index in [1.165, 1.54) is 0 Å². The van der Waals surface area contributed by atoms with Crippen LogP contribution in [0.15, 0.2) is 71.9 Å². The zero-order chi connectivity index (χ0) is 28.4. The van der Waals surface area contributed by atoms with Crippen LogP contribution in [0.5, 0.6) is 23.0 Å². The molecule has 0 bridgehead atoms. The molecule has 0 saturated carbocycles. The molecule has 41 heavy (non-hydrogen) atoms. The van der Waals surface area contributed by atoms with E-state index in [9.17, 15) is 4.91 Å². The Morgan fingerprint density at radius 1 is 1.00 bits per heavy atom. The number of hydrogen-bond donors (Lipinski definition) is 1. The molecule has 1 N–H and O–H groups in total. The molecule has 218 valence electrons. The van der Waals surface area contributed by atoms with Gasteiger partial charge < -0.3 is 33.9 Å². The predicted octanol–water partition coefficient (Wildman–Crippen LogP) is 5.52. The van der Waals surface area contributed by atoms with Crippen molar-refractivity contribution in [1.29, 1.82) is 0 Å². The number of anilines is 1. The molecule has 0 radical (unpaired) electrons. The van der Waals surface area contributed by atoms with Crippen LogP contribution in [0, 0.1) is 4.91 Å². The molecule has 5 rings (SSSR count). The average molecular weight is 562 g/mol. The molecule has 0 amide bonds. The van der Waals surface area contributed by atoms with Crippen LogP contribution in [0.3, 0.4) is 0 Å². The first kappa shape index (κ1) is 28.9. The van der Waals surface area contributed by atoms with Gasteiger partial charge in [-0.05, 0) is 73.0 Å². The summed E-state index contributed by atoms with van der Waals surface area (Å²) in [5.41, 5.74) is 3.15. The molecule has 1 saturated heterocycles. The molecule has 2 aliphatic heterocycles. The van der Waals surface area contributed by atoms with Gasteiger partial charge in [0.05, 0.1) is 31.5 Å². The number of ether oxygens (including phenoxy) is 5. The Labute approximate surface area is 241 Å². The molecule has 0 unspecified atom stereocenters. The minimum atomic E-state index is -0.431. The quantitative estimate of drug-likeness (QED) is 0.216. The van der Waals surface area contributed by atoms with Gasteiger partial charge in [0.2, 0.25) is 0 Å². The van der Waals surface area contributed by atoms with Crippen LogP contribution < -0.4 is 24.4 Å². The molecule has 3 atom stereocenters. The molecule has 0 aromatic heterocycles. The van der Waals surface area contributed by atoms with E-state index < -0.39 is 6.04 Å². The summed E-state index contributed by atoms with van der Waals surface area (Å²) in [6, 6.07) is 21.2. The van der Waals surface area contributed by atoms with Crippen molar-refractivity contribution in [3.63, 3.8) is 0 Å². The number of hydrogen-bond acceptors (Lipinski definition) is 9. The third-order valence-electron chi connectivity index (χ3n) is 7.51. The van der Waals surface area contributed by atoms with Gasteiger partial charge >= 0.3 is 0 Å². The number of rotatable bonds is 13. The highest BCUT2D eigenvalue weighted by Crippen LogP contribution is 2.35. The van der Waals surface area contributed by atoms with E-state index in [0.29, 0.717) is 38.7 Å². The van der Waals surface area contributed by atoms with Crippen LogP contribution in [0.2, 0.25) is 0 Å². The van der Waals surface area contributed by atoms with Crippen LogP contribution in [0.1, 0.15) is 30.4 Å². The van der Waals surface area contributed by atoms with E-state index >= 15 is 0 Å². The molecule has 3 aromatic rings. The standard InChI is InChI=1S/C32H39N3O6/c1-3-38-25-10-12-27(13-11-25)41-26-8-6-24(7-9-26)32-28(34-36)20-33-21-31(32)40-22-23-5-14-30-29(19-23)35(16-18-39-30)15-4-17-37-2/h5-14,19,28,31-33H,3-4,15-18,20-22H2,1-2H3/t28-,31+,32+/m1/s1. The lowest BCUT2D eigenvalue weighted by molar-refractivity contribution is 0.00539. The number of nitroso groups, excluding NO2 is 1. The molecule has 0 spiro atoms. The van der Waals surface area contributed by atoms with Gasteiger partial charge in [0, 0.05) is 39.3 Å². The topological polar surface area (TPSA) is 90.8 Å². The van der Waals surface area contributed by atoms with Gasteiger partial charge in [0.15, 0.2) is 0 Å². The average Bonchev–Trinajstić information content (AvgIpc) is 3.01. The fraction of sp³-hybridized carbons (Fsp3) is 0.438. The van der Waals surface area contributed by atoms with Crippen LogP contribution in [-0.4, -0.2) is 65.3 Å². The zero-order valence-electron chi connectivity index (χ0n) is 23.8. The third kappa shape index (κ3) is 7.35. The van der Waals surface area contributed by atoms with Crippen LogP contribution in [0.25, 0.3) is 0 Å². The Bertz CT molecular complexity index is 1250. The third-order valence-corrected chi connectivity index (χ3v) is 7.51. The highest BCUT2D eigenvalue weighted by atomic mass is 16.5. The van der Waals surface area contributed by atoms with Gasteiger partial charge in [-0.1, -0.05) is 23.4 Å². The number of piperidine rings is 1. The molecule has 1 fully saturated rings. The maximum atomic E-state index is 11.8. The second-order valence-electron chi connectivity index (χ2n) is 10.3. The summed E-state index contributed by atoms with van der Waals surface area (Å²) >= 11 is 0. The van der Waals surface area contributed by atoms with Crippen LogP contribution in [0.4, 0.5) is 5.69 Å². The van der Waals surface area contributed by atoms with Gasteiger partial charge in [-0.2, -0.15) is 4.91 Å². The molecule has 9 heteroatoms. The molecule has 2 aliphatic rings. The first-order chi connectivity index (χ1) is 20.2. The highest BCUT2D eigenvalue weighted by Gasteiger charge is 2.36. The minimum absolute atomic E-state index is 0.167. The van der Waals surface area contributed by atoms with E-state index in [0.717, 1.165) is 60.2 Å². The Morgan fingerprint density at radius 3 is 2.49 bits per heavy atom. The lowest BCUT2D eigenvalue weighted by Gasteiger charge is -2.36. The molecular weight excluding hydrogens is 522 g/mol. The SMILES string of the molecule is CCOc1ccc(Oc2ccc([C@@H]3[C@@H](OCc4ccc5c(c4)N(CCCOC)CCO5)CNC[C@H]3N=O)cc2)cc1. The van der Waals surface area contributed by atoms with Crippen molar-refractivity contribution in [1.82, 2.24) is 5.32 Å². The number of fused-ring (bicyclic) bond motifs is 1. The van der Waals surface area contributed by atoms with Crippen LogP contribution >= 0.6 is 0 Å². The Morgan fingerprint density at radius 2 is 1.76 bits per heavy atom. The second-order valence-corrected chi connectivity index (χ2v) is 10.3. The van der Waals surface area contributed by atoms with Crippen molar-refractivity contribution in [3.05, 3.63) is 82.8 Å². The fourth-order valence-corrected chi connectivity index (χ4v) is 5.49. The highest BCUT2D eigenvalue weighted by molar-refractivity contribution is 5.61. The van der Waals surface area contributed by atoms with Crippen molar-refractivity contribution in [3.8, 4) is 23.0 Å². The summed E-state index contributed by atoms with van der Waals surface area (Å²) < 4.78 is 29.1. The number of nitrogens with one attached hydrogen (secondary N) is 1. The van der Waals surface area contributed by atoms with Crippen LogP contribution in [-0.2, 0) is 16.1 Å². The molecule has 3 aromatic carbocycles. The smallest absolute Gasteiger partial charge is 0.142 e. The summed E-state index contributed by atoms with van der Waals surface area (Å²) in [4.78, 5) is 14.2. The van der Waals surface area contributed by atoms with E-state index in [4.69, 9.17) is 23.7 Å². The van der Waals surface area contributed by atoms with Crippen molar-refractivity contribution in [2.45, 2.75) is 38.0 Å². The molecule has 9 nitrogen and oxygen atoms in total. The lowest BCUT2D eigenvalue weighted by Crippen LogP contribution is -2.48. The summed E-state index contributed by atoms with van der Waals surface area (Å²) in [7, 11) is 1.73. The van der Waals surface area contributed by atoms with Gasteiger partial charge in [-0.15, -0.1) is 0 Å². The Hall–Kier alpha value is -3.66. The number of nitrogens with zero attached hydrogens (tertiary/aromatic N) is 2.